The van der Waals surface area contributed by atoms with Gasteiger partial charge in [0.05, 0.1) is 31.2 Å². The summed E-state index contributed by atoms with van der Waals surface area (Å²) in [5.74, 6) is 2.62. The van der Waals surface area contributed by atoms with Crippen LogP contribution >= 0.6 is 11.6 Å². The Bertz CT molecular complexity index is 947. The minimum atomic E-state index is -0.0265. The fourth-order valence-corrected chi connectivity index (χ4v) is 2.89. The first kappa shape index (κ1) is 19.0. The number of rotatable bonds is 7. The molecule has 1 heterocycles. The molecular weight excluding hydrogens is 368 g/mol. The van der Waals surface area contributed by atoms with Crippen molar-refractivity contribution in [2.75, 3.05) is 14.2 Å². The molecule has 0 radical (unpaired) electrons. The Morgan fingerprint density at radius 3 is 2.44 bits per heavy atom. The number of hydrogen-bond donors (Lipinski definition) is 0. The average Bonchev–Trinajstić information content (AvgIpc) is 2.65. The molecule has 0 unspecified atom stereocenters. The number of nitrogens with zero attached hydrogens (tertiary/aromatic N) is 2. The molecule has 0 saturated carbocycles. The normalized spacial score (nSPS) is 10.9. The number of aromatic nitrogens is 2. The summed E-state index contributed by atoms with van der Waals surface area (Å²) in [6.45, 7) is 4.21. The van der Waals surface area contributed by atoms with Crippen LogP contribution in [0.3, 0.4) is 0 Å². The first-order chi connectivity index (χ1) is 13.0. The van der Waals surface area contributed by atoms with Crippen LogP contribution in [0.5, 0.6) is 23.0 Å². The molecule has 0 fully saturated rings. The van der Waals surface area contributed by atoms with Crippen LogP contribution in [0.15, 0.2) is 36.7 Å². The molecule has 0 aliphatic heterocycles. The Morgan fingerprint density at radius 1 is 0.963 bits per heavy atom. The smallest absolute Gasteiger partial charge is 0.144 e. The molecule has 0 aliphatic carbocycles. The van der Waals surface area contributed by atoms with Crippen molar-refractivity contribution in [3.05, 3.63) is 47.4 Å². The maximum absolute atomic E-state index is 6.24. The highest BCUT2D eigenvalue weighted by Crippen LogP contribution is 2.35. The van der Waals surface area contributed by atoms with Gasteiger partial charge in [-0.2, -0.15) is 0 Å². The molecule has 0 atom stereocenters. The molecule has 0 amide bonds. The molecule has 6 nitrogen and oxygen atoms in total. The van der Waals surface area contributed by atoms with Gasteiger partial charge in [-0.05, 0) is 26.0 Å². The summed E-state index contributed by atoms with van der Waals surface area (Å²) in [7, 11) is 3.23. The van der Waals surface area contributed by atoms with Crippen molar-refractivity contribution in [3.8, 4) is 23.0 Å². The Balaban J connectivity index is 1.91. The van der Waals surface area contributed by atoms with E-state index in [-0.39, 0.29) is 6.10 Å². The second kappa shape index (κ2) is 8.31. The van der Waals surface area contributed by atoms with Gasteiger partial charge in [0, 0.05) is 23.8 Å². The standard InChI is InChI=1S/C20H21ClN2O4/c1-12(2)27-18-9-15(7-16-19(18)20(21)23-11-22-16)26-10-13-5-6-14(24-3)8-17(13)25-4/h5-9,11-12H,10H2,1-4H3. The molecule has 2 aromatic carbocycles. The largest absolute Gasteiger partial charge is 0.497 e. The van der Waals surface area contributed by atoms with E-state index in [0.717, 1.165) is 11.3 Å². The van der Waals surface area contributed by atoms with Crippen LogP contribution in [0.2, 0.25) is 5.15 Å². The zero-order valence-electron chi connectivity index (χ0n) is 15.7. The predicted molar refractivity (Wildman–Crippen MR) is 104 cm³/mol. The molecule has 3 aromatic rings. The van der Waals surface area contributed by atoms with Crippen molar-refractivity contribution in [1.82, 2.24) is 9.97 Å². The lowest BCUT2D eigenvalue weighted by Crippen LogP contribution is -2.07. The van der Waals surface area contributed by atoms with E-state index in [0.29, 0.717) is 39.9 Å². The Kier molecular flexibility index (Phi) is 5.86. The molecular formula is C20H21ClN2O4. The van der Waals surface area contributed by atoms with Gasteiger partial charge in [0.2, 0.25) is 0 Å². The highest BCUT2D eigenvalue weighted by atomic mass is 35.5. The van der Waals surface area contributed by atoms with Gasteiger partial charge in [0.1, 0.15) is 41.1 Å². The summed E-state index contributed by atoms with van der Waals surface area (Å²) in [6.07, 6.45) is 1.39. The van der Waals surface area contributed by atoms with E-state index in [1.54, 1.807) is 20.3 Å². The SMILES string of the molecule is COc1ccc(COc2cc(OC(C)C)c3c(Cl)ncnc3c2)c(OC)c1. The van der Waals surface area contributed by atoms with Crippen LogP contribution in [0.1, 0.15) is 19.4 Å². The van der Waals surface area contributed by atoms with Gasteiger partial charge in [-0.15, -0.1) is 0 Å². The Labute approximate surface area is 163 Å². The molecule has 1 aromatic heterocycles. The molecule has 0 bridgehead atoms. The molecule has 0 spiro atoms. The van der Waals surface area contributed by atoms with Gasteiger partial charge in [0.15, 0.2) is 0 Å². The third-order valence-corrected chi connectivity index (χ3v) is 4.17. The zero-order valence-corrected chi connectivity index (χ0v) is 16.4. The number of benzene rings is 2. The van der Waals surface area contributed by atoms with E-state index in [9.17, 15) is 0 Å². The minimum Gasteiger partial charge on any atom is -0.497 e. The minimum absolute atomic E-state index is 0.0265. The fraction of sp³-hybridized carbons (Fsp3) is 0.300. The Morgan fingerprint density at radius 2 is 1.74 bits per heavy atom. The highest BCUT2D eigenvalue weighted by Gasteiger charge is 2.14. The van der Waals surface area contributed by atoms with Gasteiger partial charge in [-0.1, -0.05) is 11.6 Å². The molecule has 0 aliphatic rings. The lowest BCUT2D eigenvalue weighted by atomic mass is 10.2. The summed E-state index contributed by atoms with van der Waals surface area (Å²) < 4.78 is 22.5. The second-order valence-corrected chi connectivity index (χ2v) is 6.47. The first-order valence-corrected chi connectivity index (χ1v) is 8.84. The number of fused-ring (bicyclic) bond motifs is 1. The van der Waals surface area contributed by atoms with Crippen LogP contribution < -0.4 is 18.9 Å². The van der Waals surface area contributed by atoms with Gasteiger partial charge in [-0.25, -0.2) is 9.97 Å². The fourth-order valence-electron chi connectivity index (χ4n) is 2.65. The summed E-state index contributed by atoms with van der Waals surface area (Å²) in [5.41, 5.74) is 1.55. The van der Waals surface area contributed by atoms with Crippen molar-refractivity contribution in [3.63, 3.8) is 0 Å². The van der Waals surface area contributed by atoms with Crippen molar-refractivity contribution in [2.24, 2.45) is 0 Å². The number of ether oxygens (including phenoxy) is 4. The maximum Gasteiger partial charge on any atom is 0.144 e. The van der Waals surface area contributed by atoms with E-state index >= 15 is 0 Å². The molecule has 3 rings (SSSR count). The quantitative estimate of drug-likeness (QED) is 0.548. The van der Waals surface area contributed by atoms with Crippen LogP contribution in [0.25, 0.3) is 10.9 Å². The topological polar surface area (TPSA) is 62.7 Å². The van der Waals surface area contributed by atoms with Gasteiger partial charge in [0.25, 0.3) is 0 Å². The summed E-state index contributed by atoms with van der Waals surface area (Å²) >= 11 is 6.24. The monoisotopic (exact) mass is 388 g/mol. The lowest BCUT2D eigenvalue weighted by molar-refractivity contribution is 0.242. The van der Waals surface area contributed by atoms with E-state index in [4.69, 9.17) is 30.5 Å². The van der Waals surface area contributed by atoms with Gasteiger partial charge >= 0.3 is 0 Å². The van der Waals surface area contributed by atoms with Crippen molar-refractivity contribution < 1.29 is 18.9 Å². The van der Waals surface area contributed by atoms with Crippen molar-refractivity contribution in [2.45, 2.75) is 26.6 Å². The van der Waals surface area contributed by atoms with Crippen LogP contribution in [0.4, 0.5) is 0 Å². The van der Waals surface area contributed by atoms with Crippen LogP contribution in [-0.2, 0) is 6.61 Å². The number of halogens is 1. The van der Waals surface area contributed by atoms with E-state index in [2.05, 4.69) is 9.97 Å². The number of methoxy groups -OCH3 is 2. The second-order valence-electron chi connectivity index (χ2n) is 6.11. The molecule has 142 valence electrons. The van der Waals surface area contributed by atoms with E-state index in [1.165, 1.54) is 6.33 Å². The third-order valence-electron chi connectivity index (χ3n) is 3.88. The third kappa shape index (κ3) is 4.34. The van der Waals surface area contributed by atoms with Gasteiger partial charge in [-0.3, -0.25) is 0 Å². The zero-order chi connectivity index (χ0) is 19.4. The first-order valence-electron chi connectivity index (χ1n) is 8.46. The molecule has 7 heteroatoms. The molecule has 27 heavy (non-hydrogen) atoms. The highest BCUT2D eigenvalue weighted by molar-refractivity contribution is 6.34. The van der Waals surface area contributed by atoms with Gasteiger partial charge < -0.3 is 18.9 Å². The molecule has 0 N–H and O–H groups in total. The lowest BCUT2D eigenvalue weighted by Gasteiger charge is -2.16. The van der Waals surface area contributed by atoms with Crippen LogP contribution in [0, 0.1) is 0 Å². The van der Waals surface area contributed by atoms with E-state index < -0.39 is 0 Å². The number of hydrogen-bond acceptors (Lipinski definition) is 6. The predicted octanol–water partition coefficient (Wildman–Crippen LogP) is 4.67. The van der Waals surface area contributed by atoms with Crippen molar-refractivity contribution in [1.29, 1.82) is 0 Å². The average molecular weight is 389 g/mol. The summed E-state index contributed by atoms with van der Waals surface area (Å²) in [4.78, 5) is 8.33. The maximum atomic E-state index is 6.24. The summed E-state index contributed by atoms with van der Waals surface area (Å²) in [6, 6.07) is 9.20. The molecule has 0 saturated heterocycles. The van der Waals surface area contributed by atoms with Crippen molar-refractivity contribution >= 4 is 22.5 Å². The summed E-state index contributed by atoms with van der Waals surface area (Å²) in [5, 5.41) is 1.02. The Hall–Kier alpha value is -2.73. The van der Waals surface area contributed by atoms with Crippen LogP contribution in [-0.4, -0.2) is 30.3 Å². The van der Waals surface area contributed by atoms with E-state index in [1.807, 2.05) is 38.1 Å².